The van der Waals surface area contributed by atoms with Crippen LogP contribution in [0.1, 0.15) is 25.5 Å². The highest BCUT2D eigenvalue weighted by atomic mass is 19.4. The number of alkyl halides is 3. The zero-order chi connectivity index (χ0) is 14.6. The van der Waals surface area contributed by atoms with Crippen molar-refractivity contribution >= 4 is 0 Å². The Kier molecular flexibility index (Phi) is 5.17. The fourth-order valence-corrected chi connectivity index (χ4v) is 1.81. The molecule has 0 aliphatic rings. The van der Waals surface area contributed by atoms with E-state index in [1.165, 1.54) is 18.0 Å². The van der Waals surface area contributed by atoms with Crippen LogP contribution in [-0.2, 0) is 6.42 Å². The molecular formula is C13H19F3N2O. The highest BCUT2D eigenvalue weighted by molar-refractivity contribution is 5.11. The molecule has 0 atom stereocenters. The van der Waals surface area contributed by atoms with Crippen LogP contribution in [0.3, 0.4) is 0 Å². The van der Waals surface area contributed by atoms with Crippen molar-refractivity contribution in [3.05, 3.63) is 34.2 Å². The number of rotatable bonds is 5. The summed E-state index contributed by atoms with van der Waals surface area (Å²) in [5.74, 6) is 0. The van der Waals surface area contributed by atoms with Crippen molar-refractivity contribution in [2.24, 2.45) is 0 Å². The lowest BCUT2D eigenvalue weighted by Crippen LogP contribution is -2.32. The number of halogens is 3. The molecule has 19 heavy (non-hydrogen) atoms. The third-order valence-corrected chi connectivity index (χ3v) is 2.79. The minimum atomic E-state index is -4.18. The predicted molar refractivity (Wildman–Crippen MR) is 68.3 cm³/mol. The average molecular weight is 276 g/mol. The molecule has 1 aromatic heterocycles. The molecule has 0 saturated carbocycles. The molecular weight excluding hydrogens is 257 g/mol. The van der Waals surface area contributed by atoms with Crippen molar-refractivity contribution in [1.82, 2.24) is 9.47 Å². The lowest BCUT2D eigenvalue weighted by Gasteiger charge is -2.19. The first-order valence-electron chi connectivity index (χ1n) is 6.15. The van der Waals surface area contributed by atoms with Gasteiger partial charge in [0.15, 0.2) is 0 Å². The van der Waals surface area contributed by atoms with Gasteiger partial charge in [0.05, 0.1) is 6.54 Å². The Balaban J connectivity index is 2.64. The molecule has 108 valence electrons. The number of hydrogen-bond donors (Lipinski definition) is 0. The van der Waals surface area contributed by atoms with E-state index in [2.05, 4.69) is 0 Å². The summed E-state index contributed by atoms with van der Waals surface area (Å²) in [6, 6.07) is 3.17. The summed E-state index contributed by atoms with van der Waals surface area (Å²) in [5.41, 5.74) is 0.768. The van der Waals surface area contributed by atoms with Crippen LogP contribution in [0.2, 0.25) is 0 Å². The number of pyridine rings is 1. The van der Waals surface area contributed by atoms with Crippen LogP contribution in [0.25, 0.3) is 0 Å². The molecule has 0 aliphatic carbocycles. The Morgan fingerprint density at radius 1 is 1.32 bits per heavy atom. The summed E-state index contributed by atoms with van der Waals surface area (Å²) >= 11 is 0. The highest BCUT2D eigenvalue weighted by Gasteiger charge is 2.28. The van der Waals surface area contributed by atoms with Gasteiger partial charge < -0.3 is 4.57 Å². The smallest absolute Gasteiger partial charge is 0.313 e. The second-order valence-electron chi connectivity index (χ2n) is 4.98. The zero-order valence-electron chi connectivity index (χ0n) is 11.4. The number of aromatic nitrogens is 1. The minimum Gasteiger partial charge on any atom is -0.313 e. The van der Waals surface area contributed by atoms with Crippen molar-refractivity contribution in [3.63, 3.8) is 0 Å². The van der Waals surface area contributed by atoms with Crippen LogP contribution in [-0.4, -0.2) is 35.8 Å². The molecule has 0 aliphatic heterocycles. The summed E-state index contributed by atoms with van der Waals surface area (Å²) in [4.78, 5) is 12.8. The van der Waals surface area contributed by atoms with E-state index in [9.17, 15) is 18.0 Å². The van der Waals surface area contributed by atoms with Crippen molar-refractivity contribution < 1.29 is 13.2 Å². The molecule has 1 aromatic rings. The topological polar surface area (TPSA) is 25.2 Å². The second-order valence-corrected chi connectivity index (χ2v) is 4.98. The zero-order valence-corrected chi connectivity index (χ0v) is 11.4. The average Bonchev–Trinajstić information content (AvgIpc) is 2.25. The summed E-state index contributed by atoms with van der Waals surface area (Å²) in [6.45, 7) is 3.16. The van der Waals surface area contributed by atoms with Gasteiger partial charge in [-0.25, -0.2) is 0 Å². The molecule has 0 unspecified atom stereocenters. The van der Waals surface area contributed by atoms with Gasteiger partial charge in [0, 0.05) is 24.8 Å². The molecule has 0 saturated heterocycles. The molecule has 0 N–H and O–H groups in total. The molecule has 0 aromatic carbocycles. The van der Waals surface area contributed by atoms with E-state index in [-0.39, 0.29) is 11.6 Å². The van der Waals surface area contributed by atoms with E-state index in [0.717, 1.165) is 5.56 Å². The fourth-order valence-electron chi connectivity index (χ4n) is 1.81. The Morgan fingerprint density at radius 3 is 2.47 bits per heavy atom. The van der Waals surface area contributed by atoms with Crippen molar-refractivity contribution in [2.45, 2.75) is 32.5 Å². The van der Waals surface area contributed by atoms with Crippen LogP contribution >= 0.6 is 0 Å². The van der Waals surface area contributed by atoms with Crippen molar-refractivity contribution in [3.8, 4) is 0 Å². The van der Waals surface area contributed by atoms with Gasteiger partial charge in [-0.05, 0) is 32.9 Å². The fraction of sp³-hybridized carbons (Fsp3) is 0.615. The number of likely N-dealkylation sites (N-methyl/N-ethyl adjacent to an activating group) is 1. The van der Waals surface area contributed by atoms with Crippen molar-refractivity contribution in [1.29, 1.82) is 0 Å². The van der Waals surface area contributed by atoms with E-state index in [1.54, 1.807) is 16.8 Å². The first-order valence-corrected chi connectivity index (χ1v) is 6.15. The largest absolute Gasteiger partial charge is 0.401 e. The molecule has 0 radical (unpaired) electrons. The summed E-state index contributed by atoms with van der Waals surface area (Å²) < 4.78 is 38.1. The van der Waals surface area contributed by atoms with Crippen LogP contribution in [0, 0.1) is 0 Å². The van der Waals surface area contributed by atoms with Gasteiger partial charge in [0.2, 0.25) is 0 Å². The van der Waals surface area contributed by atoms with Gasteiger partial charge in [0.25, 0.3) is 5.56 Å². The summed E-state index contributed by atoms with van der Waals surface area (Å²) in [5, 5.41) is 0. The Morgan fingerprint density at radius 2 is 1.95 bits per heavy atom. The Hall–Kier alpha value is -1.30. The molecule has 0 amide bonds. The summed E-state index contributed by atoms with van der Waals surface area (Å²) in [6.07, 6.45) is -1.97. The molecule has 6 heteroatoms. The Bertz CT molecular complexity index is 466. The van der Waals surface area contributed by atoms with Gasteiger partial charge in [0.1, 0.15) is 0 Å². The maximum Gasteiger partial charge on any atom is 0.401 e. The maximum absolute atomic E-state index is 12.2. The summed E-state index contributed by atoms with van der Waals surface area (Å²) in [7, 11) is 1.44. The lowest BCUT2D eigenvalue weighted by atomic mass is 10.2. The monoisotopic (exact) mass is 276 g/mol. The highest BCUT2D eigenvalue weighted by Crippen LogP contribution is 2.15. The third kappa shape index (κ3) is 5.46. The van der Waals surface area contributed by atoms with Gasteiger partial charge in [-0.2, -0.15) is 13.2 Å². The molecule has 0 bridgehead atoms. The minimum absolute atomic E-state index is 0.0420. The van der Waals surface area contributed by atoms with E-state index < -0.39 is 12.7 Å². The normalized spacial score (nSPS) is 12.4. The molecule has 3 nitrogen and oxygen atoms in total. The van der Waals surface area contributed by atoms with E-state index in [4.69, 9.17) is 0 Å². The van der Waals surface area contributed by atoms with Gasteiger partial charge >= 0.3 is 6.18 Å². The van der Waals surface area contributed by atoms with Gasteiger partial charge in [-0.3, -0.25) is 9.69 Å². The van der Waals surface area contributed by atoms with Crippen LogP contribution in [0.4, 0.5) is 13.2 Å². The molecule has 0 fully saturated rings. The lowest BCUT2D eigenvalue weighted by molar-refractivity contribution is -0.142. The quantitative estimate of drug-likeness (QED) is 0.825. The number of nitrogens with zero attached hydrogens (tertiary/aromatic N) is 2. The molecule has 1 heterocycles. The Labute approximate surface area is 110 Å². The molecule has 1 rings (SSSR count). The van der Waals surface area contributed by atoms with E-state index >= 15 is 0 Å². The van der Waals surface area contributed by atoms with Gasteiger partial charge in [-0.15, -0.1) is 0 Å². The first kappa shape index (κ1) is 15.8. The van der Waals surface area contributed by atoms with Crippen LogP contribution < -0.4 is 5.56 Å². The number of hydrogen-bond acceptors (Lipinski definition) is 2. The van der Waals surface area contributed by atoms with E-state index in [1.807, 2.05) is 13.8 Å². The maximum atomic E-state index is 12.2. The third-order valence-electron chi connectivity index (χ3n) is 2.79. The van der Waals surface area contributed by atoms with E-state index in [0.29, 0.717) is 13.0 Å². The van der Waals surface area contributed by atoms with Gasteiger partial charge in [-0.1, -0.05) is 6.07 Å². The first-order chi connectivity index (χ1) is 8.69. The van der Waals surface area contributed by atoms with Crippen LogP contribution in [0.15, 0.2) is 23.1 Å². The molecule has 0 spiro atoms. The predicted octanol–water partition coefficient (Wildman–Crippen LogP) is 2.47. The SMILES string of the molecule is CC(C)n1cc(CCN(C)CC(F)(F)F)ccc1=O. The standard InChI is InChI=1S/C13H19F3N2O/c1-10(2)18-8-11(4-5-12(18)19)6-7-17(3)9-13(14,15)16/h4-5,8,10H,6-7,9H2,1-3H3. The second kappa shape index (κ2) is 6.23. The van der Waals surface area contributed by atoms with Crippen molar-refractivity contribution in [2.75, 3.05) is 20.1 Å². The van der Waals surface area contributed by atoms with Crippen LogP contribution in [0.5, 0.6) is 0 Å².